The highest BCUT2D eigenvalue weighted by atomic mass is 16.5. The molecular weight excluding hydrogens is 268 g/mol. The van der Waals surface area contributed by atoms with Gasteiger partial charge in [-0.1, -0.05) is 0 Å². The molecule has 5 nitrogen and oxygen atoms in total. The lowest BCUT2D eigenvalue weighted by atomic mass is 10.1. The van der Waals surface area contributed by atoms with Crippen molar-refractivity contribution in [3.63, 3.8) is 0 Å². The lowest BCUT2D eigenvalue weighted by Gasteiger charge is -2.31. The van der Waals surface area contributed by atoms with Crippen LogP contribution in [0.1, 0.15) is 25.3 Å². The van der Waals surface area contributed by atoms with Crippen molar-refractivity contribution in [2.45, 2.75) is 25.8 Å². The summed E-state index contributed by atoms with van der Waals surface area (Å²) in [6.45, 7) is 3.57. The molecule has 5 heteroatoms. The molecule has 114 valence electrons. The summed E-state index contributed by atoms with van der Waals surface area (Å²) in [6.07, 6.45) is 6.99. The summed E-state index contributed by atoms with van der Waals surface area (Å²) < 4.78 is 5.20. The largest absolute Gasteiger partial charge is 0.478 e. The molecular formula is C16H22N2O3. The average Bonchev–Trinajstić information content (AvgIpc) is 3.31. The van der Waals surface area contributed by atoms with Gasteiger partial charge in [-0.05, 0) is 43.9 Å². The minimum atomic E-state index is -0.955. The molecule has 1 aromatic rings. The molecule has 0 amide bonds. The second kappa shape index (κ2) is 7.22. The molecule has 0 saturated heterocycles. The maximum atomic E-state index is 10.7. The van der Waals surface area contributed by atoms with E-state index >= 15 is 0 Å². The van der Waals surface area contributed by atoms with Gasteiger partial charge in [0.15, 0.2) is 0 Å². The molecule has 1 aliphatic rings. The Labute approximate surface area is 125 Å². The summed E-state index contributed by atoms with van der Waals surface area (Å²) in [5.74, 6) is 0.565. The first-order valence-corrected chi connectivity index (χ1v) is 7.25. The van der Waals surface area contributed by atoms with E-state index < -0.39 is 5.97 Å². The van der Waals surface area contributed by atoms with Crippen molar-refractivity contribution in [1.82, 2.24) is 4.98 Å². The number of nitrogens with zero attached hydrogens (tertiary/aromatic N) is 2. The molecule has 1 unspecified atom stereocenters. The zero-order valence-electron chi connectivity index (χ0n) is 12.5. The number of carboxylic acids is 1. The highest BCUT2D eigenvalue weighted by Crippen LogP contribution is 2.37. The number of aromatic nitrogens is 1. The first-order valence-electron chi connectivity index (χ1n) is 7.25. The fourth-order valence-electron chi connectivity index (χ4n) is 2.47. The van der Waals surface area contributed by atoms with E-state index in [-0.39, 0.29) is 0 Å². The van der Waals surface area contributed by atoms with Crippen molar-refractivity contribution in [3.8, 4) is 0 Å². The SMILES string of the molecule is COCCN(c1ncccc1/C=C/C(=O)O)C(C)C1CC1. The molecule has 1 aliphatic carbocycles. The second-order valence-corrected chi connectivity index (χ2v) is 5.35. The van der Waals surface area contributed by atoms with E-state index in [4.69, 9.17) is 9.84 Å². The quantitative estimate of drug-likeness (QED) is 0.745. The van der Waals surface area contributed by atoms with Crippen LogP contribution in [-0.2, 0) is 9.53 Å². The Morgan fingerprint density at radius 3 is 3.00 bits per heavy atom. The number of pyridine rings is 1. The van der Waals surface area contributed by atoms with Gasteiger partial charge in [0.25, 0.3) is 0 Å². The van der Waals surface area contributed by atoms with Crippen LogP contribution in [0.3, 0.4) is 0 Å². The van der Waals surface area contributed by atoms with Gasteiger partial charge in [0.1, 0.15) is 5.82 Å². The third kappa shape index (κ3) is 4.29. The van der Waals surface area contributed by atoms with Crippen LogP contribution in [-0.4, -0.2) is 42.4 Å². The highest BCUT2D eigenvalue weighted by Gasteiger charge is 2.33. The van der Waals surface area contributed by atoms with Crippen LogP contribution in [0.4, 0.5) is 5.82 Å². The fourth-order valence-corrected chi connectivity index (χ4v) is 2.47. The summed E-state index contributed by atoms with van der Waals surface area (Å²) in [4.78, 5) is 17.4. The van der Waals surface area contributed by atoms with Crippen molar-refractivity contribution in [3.05, 3.63) is 30.0 Å². The number of carbonyl (C=O) groups is 1. The van der Waals surface area contributed by atoms with E-state index in [9.17, 15) is 4.79 Å². The number of anilines is 1. The number of ether oxygens (including phenoxy) is 1. The minimum Gasteiger partial charge on any atom is -0.478 e. The van der Waals surface area contributed by atoms with Gasteiger partial charge in [0.05, 0.1) is 6.61 Å². The normalized spacial score (nSPS) is 16.1. The summed E-state index contributed by atoms with van der Waals surface area (Å²) in [5.41, 5.74) is 0.823. The lowest BCUT2D eigenvalue weighted by molar-refractivity contribution is -0.131. The van der Waals surface area contributed by atoms with Crippen LogP contribution in [0.5, 0.6) is 0 Å². The topological polar surface area (TPSA) is 62.7 Å². The van der Waals surface area contributed by atoms with Crippen LogP contribution in [0.25, 0.3) is 6.08 Å². The molecule has 1 saturated carbocycles. The average molecular weight is 290 g/mol. The molecule has 0 bridgehead atoms. The fraction of sp³-hybridized carbons (Fsp3) is 0.500. The second-order valence-electron chi connectivity index (χ2n) is 5.35. The van der Waals surface area contributed by atoms with Crippen LogP contribution in [0.2, 0.25) is 0 Å². The zero-order chi connectivity index (χ0) is 15.2. The number of hydrogen-bond donors (Lipinski definition) is 1. The molecule has 1 atom stereocenters. The molecule has 0 radical (unpaired) electrons. The lowest BCUT2D eigenvalue weighted by Crippen LogP contribution is -2.38. The third-order valence-corrected chi connectivity index (χ3v) is 3.83. The van der Waals surface area contributed by atoms with Crippen molar-refractivity contribution < 1.29 is 14.6 Å². The van der Waals surface area contributed by atoms with Gasteiger partial charge in [-0.15, -0.1) is 0 Å². The van der Waals surface area contributed by atoms with Gasteiger partial charge >= 0.3 is 5.97 Å². The number of methoxy groups -OCH3 is 1. The Kier molecular flexibility index (Phi) is 5.33. The van der Waals surface area contributed by atoms with Crippen LogP contribution in [0.15, 0.2) is 24.4 Å². The Bertz CT molecular complexity index is 512. The summed E-state index contributed by atoms with van der Waals surface area (Å²) in [5, 5.41) is 8.81. The molecule has 0 aromatic carbocycles. The molecule has 1 heterocycles. The van der Waals surface area contributed by atoms with Crippen molar-refractivity contribution in [1.29, 1.82) is 0 Å². The predicted octanol–water partition coefficient (Wildman–Crippen LogP) is 2.43. The molecule has 1 aromatic heterocycles. The van der Waals surface area contributed by atoms with Crippen molar-refractivity contribution >= 4 is 17.9 Å². The van der Waals surface area contributed by atoms with Crippen LogP contribution >= 0.6 is 0 Å². The van der Waals surface area contributed by atoms with Gasteiger partial charge in [-0.3, -0.25) is 0 Å². The smallest absolute Gasteiger partial charge is 0.328 e. The maximum Gasteiger partial charge on any atom is 0.328 e. The first-order chi connectivity index (χ1) is 10.1. The van der Waals surface area contributed by atoms with E-state index in [0.29, 0.717) is 18.6 Å². The van der Waals surface area contributed by atoms with Gasteiger partial charge in [0.2, 0.25) is 0 Å². The first kappa shape index (κ1) is 15.5. The molecule has 0 spiro atoms. The highest BCUT2D eigenvalue weighted by molar-refractivity contribution is 5.86. The van der Waals surface area contributed by atoms with Crippen molar-refractivity contribution in [2.24, 2.45) is 5.92 Å². The maximum absolute atomic E-state index is 10.7. The van der Waals surface area contributed by atoms with Crippen molar-refractivity contribution in [2.75, 3.05) is 25.2 Å². The molecule has 1 N–H and O–H groups in total. The molecule has 21 heavy (non-hydrogen) atoms. The van der Waals surface area contributed by atoms with Crippen LogP contribution in [0, 0.1) is 5.92 Å². The Balaban J connectivity index is 2.27. The number of aliphatic carboxylic acids is 1. The van der Waals surface area contributed by atoms with Gasteiger partial charge in [-0.25, -0.2) is 9.78 Å². The Morgan fingerprint density at radius 2 is 2.38 bits per heavy atom. The molecule has 0 aliphatic heterocycles. The number of hydrogen-bond acceptors (Lipinski definition) is 4. The standard InChI is InChI=1S/C16H22N2O3/c1-12(13-5-6-13)18(10-11-21-2)16-14(4-3-9-17-16)7-8-15(19)20/h3-4,7-9,12-13H,5-6,10-11H2,1-2H3,(H,19,20)/b8-7+. The minimum absolute atomic E-state index is 0.382. The van der Waals surface area contributed by atoms with Gasteiger partial charge in [-0.2, -0.15) is 0 Å². The summed E-state index contributed by atoms with van der Waals surface area (Å²) in [7, 11) is 1.68. The molecule has 1 fully saturated rings. The summed E-state index contributed by atoms with van der Waals surface area (Å²) >= 11 is 0. The number of carboxylic acid groups (broad SMARTS) is 1. The Morgan fingerprint density at radius 1 is 1.62 bits per heavy atom. The number of rotatable bonds is 8. The predicted molar refractivity (Wildman–Crippen MR) is 82.3 cm³/mol. The third-order valence-electron chi connectivity index (χ3n) is 3.83. The van der Waals surface area contributed by atoms with E-state index in [2.05, 4.69) is 16.8 Å². The van der Waals surface area contributed by atoms with E-state index in [1.165, 1.54) is 12.8 Å². The molecule has 2 rings (SSSR count). The van der Waals surface area contributed by atoms with E-state index in [1.807, 2.05) is 12.1 Å². The van der Waals surface area contributed by atoms with E-state index in [1.54, 1.807) is 19.4 Å². The van der Waals surface area contributed by atoms with E-state index in [0.717, 1.165) is 24.0 Å². The Hall–Kier alpha value is -1.88. The summed E-state index contributed by atoms with van der Waals surface area (Å²) in [6, 6.07) is 4.09. The zero-order valence-corrected chi connectivity index (χ0v) is 12.5. The van der Waals surface area contributed by atoms with Crippen LogP contribution < -0.4 is 4.90 Å². The van der Waals surface area contributed by atoms with Gasteiger partial charge < -0.3 is 14.7 Å². The monoisotopic (exact) mass is 290 g/mol. The van der Waals surface area contributed by atoms with Gasteiger partial charge in [0, 0.05) is 37.5 Å².